The molecule has 1 aromatic heterocycles. The molecule has 1 atom stereocenters. The van der Waals surface area contributed by atoms with Gasteiger partial charge in [0.15, 0.2) is 5.76 Å². The summed E-state index contributed by atoms with van der Waals surface area (Å²) in [4.78, 5) is 36.0. The average Bonchev–Trinajstić information content (AvgIpc) is 3.08. The van der Waals surface area contributed by atoms with Crippen LogP contribution in [0.4, 0.5) is 0 Å². The molecule has 1 aliphatic rings. The van der Waals surface area contributed by atoms with E-state index in [9.17, 15) is 14.4 Å². The maximum atomic E-state index is 12.1. The zero-order chi connectivity index (χ0) is 15.2. The van der Waals surface area contributed by atoms with Crippen molar-refractivity contribution in [1.29, 1.82) is 0 Å². The molecule has 1 unspecified atom stereocenters. The molecule has 1 fully saturated rings. The Kier molecular flexibility index (Phi) is 4.97. The highest BCUT2D eigenvalue weighted by Gasteiger charge is 2.29. The predicted octanol–water partition coefficient (Wildman–Crippen LogP) is 0.865. The van der Waals surface area contributed by atoms with Crippen LogP contribution >= 0.6 is 0 Å². The fourth-order valence-electron chi connectivity index (χ4n) is 2.50. The SMILES string of the molecule is O=C(O)CC1CCCN1C(=O)CCNC(=O)c1ccco1. The predicted molar refractivity (Wildman–Crippen MR) is 72.6 cm³/mol. The molecule has 0 spiro atoms. The van der Waals surface area contributed by atoms with E-state index < -0.39 is 5.97 Å². The van der Waals surface area contributed by atoms with Gasteiger partial charge in [-0.05, 0) is 25.0 Å². The molecule has 1 aromatic rings. The monoisotopic (exact) mass is 294 g/mol. The van der Waals surface area contributed by atoms with Crippen molar-refractivity contribution < 1.29 is 23.9 Å². The summed E-state index contributed by atoms with van der Waals surface area (Å²) in [5, 5.41) is 11.4. The highest BCUT2D eigenvalue weighted by Crippen LogP contribution is 2.20. The average molecular weight is 294 g/mol. The summed E-state index contributed by atoms with van der Waals surface area (Å²) in [6, 6.07) is 2.93. The Hall–Kier alpha value is -2.31. The van der Waals surface area contributed by atoms with E-state index in [0.29, 0.717) is 6.54 Å². The van der Waals surface area contributed by atoms with E-state index in [1.807, 2.05) is 0 Å². The number of nitrogens with one attached hydrogen (secondary N) is 1. The maximum Gasteiger partial charge on any atom is 0.305 e. The van der Waals surface area contributed by atoms with Crippen LogP contribution in [-0.4, -0.2) is 46.9 Å². The summed E-state index contributed by atoms with van der Waals surface area (Å²) >= 11 is 0. The van der Waals surface area contributed by atoms with E-state index in [0.717, 1.165) is 12.8 Å². The smallest absolute Gasteiger partial charge is 0.305 e. The summed E-state index contributed by atoms with van der Waals surface area (Å²) in [5.41, 5.74) is 0. The van der Waals surface area contributed by atoms with Crippen molar-refractivity contribution in [3.8, 4) is 0 Å². The van der Waals surface area contributed by atoms with Gasteiger partial charge in [0.1, 0.15) is 0 Å². The first-order valence-electron chi connectivity index (χ1n) is 6.91. The molecule has 7 heteroatoms. The van der Waals surface area contributed by atoms with Gasteiger partial charge in [-0.15, -0.1) is 0 Å². The maximum absolute atomic E-state index is 12.1. The molecule has 0 bridgehead atoms. The number of carboxylic acids is 1. The molecule has 114 valence electrons. The van der Waals surface area contributed by atoms with E-state index in [1.165, 1.54) is 6.26 Å². The van der Waals surface area contributed by atoms with Gasteiger partial charge in [0.25, 0.3) is 5.91 Å². The van der Waals surface area contributed by atoms with E-state index in [2.05, 4.69) is 5.32 Å². The van der Waals surface area contributed by atoms with Gasteiger partial charge in [-0.25, -0.2) is 0 Å². The second kappa shape index (κ2) is 6.92. The van der Waals surface area contributed by atoms with Gasteiger partial charge in [-0.3, -0.25) is 14.4 Å². The number of amides is 2. The molecule has 0 aliphatic carbocycles. The Morgan fingerprint density at radius 1 is 1.43 bits per heavy atom. The third kappa shape index (κ3) is 4.08. The second-order valence-corrected chi connectivity index (χ2v) is 4.96. The van der Waals surface area contributed by atoms with Crippen LogP contribution in [0.15, 0.2) is 22.8 Å². The summed E-state index contributed by atoms with van der Waals surface area (Å²) in [6.07, 6.45) is 3.08. The number of aliphatic carboxylic acids is 1. The molecule has 0 aromatic carbocycles. The van der Waals surface area contributed by atoms with Gasteiger partial charge < -0.3 is 19.7 Å². The minimum absolute atomic E-state index is 0.0233. The first-order chi connectivity index (χ1) is 10.1. The number of likely N-dealkylation sites (tertiary alicyclic amines) is 1. The Balaban J connectivity index is 1.76. The molecule has 0 radical (unpaired) electrons. The van der Waals surface area contributed by atoms with Crippen molar-refractivity contribution >= 4 is 17.8 Å². The Bertz CT molecular complexity index is 511. The lowest BCUT2D eigenvalue weighted by atomic mass is 10.1. The molecule has 2 rings (SSSR count). The Morgan fingerprint density at radius 3 is 2.90 bits per heavy atom. The number of hydrogen-bond donors (Lipinski definition) is 2. The van der Waals surface area contributed by atoms with Crippen LogP contribution < -0.4 is 5.32 Å². The standard InChI is InChI=1S/C14H18N2O5/c17-12(16-7-1-3-10(16)9-13(18)19)5-6-15-14(20)11-4-2-8-21-11/h2,4,8,10H,1,3,5-7,9H2,(H,15,20)(H,18,19). The van der Waals surface area contributed by atoms with E-state index in [1.54, 1.807) is 17.0 Å². The van der Waals surface area contributed by atoms with Crippen molar-refractivity contribution in [1.82, 2.24) is 10.2 Å². The van der Waals surface area contributed by atoms with Crippen LogP contribution in [0.5, 0.6) is 0 Å². The molecular formula is C14H18N2O5. The third-order valence-corrected chi connectivity index (χ3v) is 3.48. The van der Waals surface area contributed by atoms with Crippen LogP contribution in [0.3, 0.4) is 0 Å². The molecular weight excluding hydrogens is 276 g/mol. The fourth-order valence-corrected chi connectivity index (χ4v) is 2.50. The lowest BCUT2D eigenvalue weighted by Gasteiger charge is -2.23. The molecule has 1 saturated heterocycles. The van der Waals surface area contributed by atoms with Gasteiger partial charge in [0.05, 0.1) is 12.7 Å². The number of carbonyl (C=O) groups is 3. The number of carboxylic acid groups (broad SMARTS) is 1. The van der Waals surface area contributed by atoms with E-state index >= 15 is 0 Å². The van der Waals surface area contributed by atoms with Crippen LogP contribution in [0.1, 0.15) is 36.2 Å². The van der Waals surface area contributed by atoms with Gasteiger partial charge in [-0.1, -0.05) is 0 Å². The normalized spacial score (nSPS) is 17.7. The van der Waals surface area contributed by atoms with Gasteiger partial charge in [-0.2, -0.15) is 0 Å². The summed E-state index contributed by atoms with van der Waals surface area (Å²) in [7, 11) is 0. The molecule has 21 heavy (non-hydrogen) atoms. The highest BCUT2D eigenvalue weighted by atomic mass is 16.4. The largest absolute Gasteiger partial charge is 0.481 e. The lowest BCUT2D eigenvalue weighted by molar-refractivity contribution is -0.139. The first kappa shape index (κ1) is 15.1. The zero-order valence-electron chi connectivity index (χ0n) is 11.6. The van der Waals surface area contributed by atoms with E-state index in [-0.39, 0.29) is 43.0 Å². The molecule has 7 nitrogen and oxygen atoms in total. The Labute approximate surface area is 121 Å². The van der Waals surface area contributed by atoms with Gasteiger partial charge in [0, 0.05) is 25.6 Å². The molecule has 2 heterocycles. The number of furan rings is 1. The highest BCUT2D eigenvalue weighted by molar-refractivity contribution is 5.91. The molecule has 0 saturated carbocycles. The summed E-state index contributed by atoms with van der Waals surface area (Å²) in [6.45, 7) is 0.789. The van der Waals surface area contributed by atoms with Crippen molar-refractivity contribution in [2.75, 3.05) is 13.1 Å². The molecule has 2 amide bonds. The summed E-state index contributed by atoms with van der Waals surface area (Å²) < 4.78 is 4.94. The van der Waals surface area contributed by atoms with Crippen molar-refractivity contribution in [2.24, 2.45) is 0 Å². The second-order valence-electron chi connectivity index (χ2n) is 4.96. The molecule has 1 aliphatic heterocycles. The van der Waals surface area contributed by atoms with Crippen LogP contribution in [0, 0.1) is 0 Å². The minimum atomic E-state index is -0.897. The zero-order valence-corrected chi connectivity index (χ0v) is 11.6. The van der Waals surface area contributed by atoms with Crippen molar-refractivity contribution in [2.45, 2.75) is 31.7 Å². The quantitative estimate of drug-likeness (QED) is 0.810. The van der Waals surface area contributed by atoms with Crippen LogP contribution in [0.2, 0.25) is 0 Å². The number of hydrogen-bond acceptors (Lipinski definition) is 4. The van der Waals surface area contributed by atoms with Crippen LogP contribution in [0.25, 0.3) is 0 Å². The Morgan fingerprint density at radius 2 is 2.24 bits per heavy atom. The topological polar surface area (TPSA) is 99.9 Å². The van der Waals surface area contributed by atoms with Crippen molar-refractivity contribution in [3.05, 3.63) is 24.2 Å². The number of rotatable bonds is 6. The van der Waals surface area contributed by atoms with Gasteiger partial charge >= 0.3 is 5.97 Å². The van der Waals surface area contributed by atoms with Gasteiger partial charge in [0.2, 0.25) is 5.91 Å². The first-order valence-corrected chi connectivity index (χ1v) is 6.91. The minimum Gasteiger partial charge on any atom is -0.481 e. The fraction of sp³-hybridized carbons (Fsp3) is 0.500. The lowest BCUT2D eigenvalue weighted by Crippen LogP contribution is -2.38. The van der Waals surface area contributed by atoms with E-state index in [4.69, 9.17) is 9.52 Å². The number of nitrogens with zero attached hydrogens (tertiary/aromatic N) is 1. The summed E-state index contributed by atoms with van der Waals surface area (Å²) in [5.74, 6) is -1.19. The van der Waals surface area contributed by atoms with Crippen molar-refractivity contribution in [3.63, 3.8) is 0 Å². The van der Waals surface area contributed by atoms with Crippen LogP contribution in [-0.2, 0) is 9.59 Å². The number of carbonyl (C=O) groups excluding carboxylic acids is 2. The third-order valence-electron chi connectivity index (χ3n) is 3.48. The molecule has 2 N–H and O–H groups in total.